The largest absolute Gasteiger partial charge is 0.288 e. The third kappa shape index (κ3) is 1.25. The Balaban J connectivity index is 2.48. The molecular formula is C10H10ClN. The normalized spacial score (nSPS) is 15.2. The van der Waals surface area contributed by atoms with E-state index in [1.54, 1.807) is 0 Å². The van der Waals surface area contributed by atoms with Gasteiger partial charge in [0.1, 0.15) is 0 Å². The van der Waals surface area contributed by atoms with Crippen molar-refractivity contribution in [2.45, 2.75) is 6.42 Å². The Kier molecular flexibility index (Phi) is 2.13. The number of nitrogens with zero attached hydrogens (tertiary/aromatic N) is 1. The molecule has 1 heterocycles. The molecule has 12 heavy (non-hydrogen) atoms. The maximum atomic E-state index is 5.78. The summed E-state index contributed by atoms with van der Waals surface area (Å²) in [5.74, 6) is 0.525. The second-order valence-electron chi connectivity index (χ2n) is 2.87. The third-order valence-electron chi connectivity index (χ3n) is 2.14. The van der Waals surface area contributed by atoms with Crippen LogP contribution in [0.1, 0.15) is 11.1 Å². The summed E-state index contributed by atoms with van der Waals surface area (Å²) in [4.78, 5) is 4.37. The van der Waals surface area contributed by atoms with E-state index in [2.05, 4.69) is 23.2 Å². The number of hydrogen-bond donors (Lipinski definition) is 0. The van der Waals surface area contributed by atoms with E-state index < -0.39 is 0 Å². The lowest BCUT2D eigenvalue weighted by atomic mass is 9.99. The first kappa shape index (κ1) is 7.81. The summed E-state index contributed by atoms with van der Waals surface area (Å²) in [5, 5.41) is 0. The molecule has 0 aromatic heterocycles. The molecule has 0 N–H and O–H groups in total. The molecule has 0 amide bonds. The second-order valence-corrected chi connectivity index (χ2v) is 3.14. The summed E-state index contributed by atoms with van der Waals surface area (Å²) >= 11 is 5.78. The summed E-state index contributed by atoms with van der Waals surface area (Å²) in [6.07, 6.45) is 1.05. The van der Waals surface area contributed by atoms with E-state index in [4.69, 9.17) is 11.6 Å². The van der Waals surface area contributed by atoms with Crippen molar-refractivity contribution in [3.8, 4) is 0 Å². The fraction of sp³-hybridized carbons (Fsp3) is 0.300. The van der Waals surface area contributed by atoms with Gasteiger partial charge in [-0.2, -0.15) is 0 Å². The van der Waals surface area contributed by atoms with Crippen LogP contribution in [0.15, 0.2) is 29.3 Å². The summed E-state index contributed by atoms with van der Waals surface area (Å²) < 4.78 is 0. The van der Waals surface area contributed by atoms with Crippen LogP contribution in [0.5, 0.6) is 0 Å². The topological polar surface area (TPSA) is 12.4 Å². The molecule has 0 unspecified atom stereocenters. The predicted octanol–water partition coefficient (Wildman–Crippen LogP) is 2.27. The number of fused-ring (bicyclic) bond motifs is 1. The molecule has 0 radical (unpaired) electrons. The molecule has 0 saturated heterocycles. The van der Waals surface area contributed by atoms with E-state index in [-0.39, 0.29) is 0 Å². The molecule has 62 valence electrons. The minimum atomic E-state index is 0.525. The van der Waals surface area contributed by atoms with Gasteiger partial charge in [-0.1, -0.05) is 24.3 Å². The lowest BCUT2D eigenvalue weighted by Gasteiger charge is -2.14. The highest BCUT2D eigenvalue weighted by atomic mass is 35.5. The average Bonchev–Trinajstić information content (AvgIpc) is 2.17. The monoisotopic (exact) mass is 179 g/mol. The molecule has 2 heteroatoms. The molecule has 0 bridgehead atoms. The fourth-order valence-corrected chi connectivity index (χ4v) is 1.76. The van der Waals surface area contributed by atoms with Crippen molar-refractivity contribution in [2.75, 3.05) is 12.4 Å². The van der Waals surface area contributed by atoms with Crippen LogP contribution in [-0.2, 0) is 6.42 Å². The first-order valence-electron chi connectivity index (χ1n) is 4.09. The molecule has 1 aliphatic heterocycles. The van der Waals surface area contributed by atoms with Crippen LogP contribution in [0, 0.1) is 0 Å². The van der Waals surface area contributed by atoms with Crippen LogP contribution in [0.4, 0.5) is 0 Å². The highest BCUT2D eigenvalue weighted by Crippen LogP contribution is 2.15. The van der Waals surface area contributed by atoms with Crippen molar-refractivity contribution in [3.05, 3.63) is 35.4 Å². The van der Waals surface area contributed by atoms with Gasteiger partial charge in [0, 0.05) is 6.54 Å². The van der Waals surface area contributed by atoms with E-state index in [1.807, 2.05) is 6.07 Å². The summed E-state index contributed by atoms with van der Waals surface area (Å²) in [6, 6.07) is 8.34. The SMILES string of the molecule is ClCC1=NCCc2ccccc21. The zero-order valence-corrected chi connectivity index (χ0v) is 7.51. The van der Waals surface area contributed by atoms with E-state index in [0.717, 1.165) is 18.7 Å². The van der Waals surface area contributed by atoms with Gasteiger partial charge in [0.2, 0.25) is 0 Å². The van der Waals surface area contributed by atoms with E-state index in [1.165, 1.54) is 11.1 Å². The average molecular weight is 180 g/mol. The van der Waals surface area contributed by atoms with Crippen LogP contribution in [0.2, 0.25) is 0 Å². The Morgan fingerprint density at radius 2 is 2.17 bits per heavy atom. The number of hydrogen-bond acceptors (Lipinski definition) is 1. The lowest BCUT2D eigenvalue weighted by molar-refractivity contribution is 0.942. The molecule has 1 aromatic carbocycles. The van der Waals surface area contributed by atoms with Crippen molar-refractivity contribution in [1.29, 1.82) is 0 Å². The number of aliphatic imine (C=N–C) groups is 1. The van der Waals surface area contributed by atoms with E-state index >= 15 is 0 Å². The molecule has 0 fully saturated rings. The zero-order chi connectivity index (χ0) is 8.39. The standard InChI is InChI=1S/C10H10ClN/c11-7-10-9-4-2-1-3-8(9)5-6-12-10/h1-4H,5-7H2. The summed E-state index contributed by atoms with van der Waals surface area (Å²) in [7, 11) is 0. The summed E-state index contributed by atoms with van der Waals surface area (Å²) in [5.41, 5.74) is 3.65. The van der Waals surface area contributed by atoms with Gasteiger partial charge in [-0.05, 0) is 17.5 Å². The van der Waals surface area contributed by atoms with Crippen LogP contribution in [-0.4, -0.2) is 18.1 Å². The third-order valence-corrected chi connectivity index (χ3v) is 2.39. The first-order chi connectivity index (χ1) is 5.92. The number of benzene rings is 1. The van der Waals surface area contributed by atoms with Crippen LogP contribution in [0.25, 0.3) is 0 Å². The van der Waals surface area contributed by atoms with Crippen molar-refractivity contribution in [3.63, 3.8) is 0 Å². The molecule has 1 nitrogen and oxygen atoms in total. The fourth-order valence-electron chi connectivity index (χ4n) is 1.53. The Morgan fingerprint density at radius 1 is 1.33 bits per heavy atom. The van der Waals surface area contributed by atoms with Crippen molar-refractivity contribution < 1.29 is 0 Å². The van der Waals surface area contributed by atoms with Gasteiger partial charge in [0.25, 0.3) is 0 Å². The number of rotatable bonds is 1. The lowest BCUT2D eigenvalue weighted by Crippen LogP contribution is -2.13. The molecule has 2 rings (SSSR count). The van der Waals surface area contributed by atoms with Gasteiger partial charge < -0.3 is 0 Å². The van der Waals surface area contributed by atoms with Gasteiger partial charge in [-0.3, -0.25) is 4.99 Å². The molecular weight excluding hydrogens is 170 g/mol. The summed E-state index contributed by atoms with van der Waals surface area (Å²) in [6.45, 7) is 0.888. The number of halogens is 1. The van der Waals surface area contributed by atoms with Gasteiger partial charge >= 0.3 is 0 Å². The molecule has 0 aliphatic carbocycles. The van der Waals surface area contributed by atoms with Gasteiger partial charge in [0.05, 0.1) is 11.6 Å². The van der Waals surface area contributed by atoms with Crippen molar-refractivity contribution in [2.24, 2.45) is 4.99 Å². The zero-order valence-electron chi connectivity index (χ0n) is 6.76. The molecule has 1 aromatic rings. The van der Waals surface area contributed by atoms with E-state index in [9.17, 15) is 0 Å². The quantitative estimate of drug-likeness (QED) is 0.587. The molecule has 0 saturated carbocycles. The van der Waals surface area contributed by atoms with Crippen LogP contribution in [0.3, 0.4) is 0 Å². The molecule has 0 atom stereocenters. The highest BCUT2D eigenvalue weighted by Gasteiger charge is 2.11. The van der Waals surface area contributed by atoms with Crippen molar-refractivity contribution >= 4 is 17.3 Å². The Labute approximate surface area is 77.1 Å². The second kappa shape index (κ2) is 3.28. The smallest absolute Gasteiger partial charge is 0.0649 e. The van der Waals surface area contributed by atoms with Crippen molar-refractivity contribution in [1.82, 2.24) is 0 Å². The Bertz CT molecular complexity index is 317. The van der Waals surface area contributed by atoms with Gasteiger partial charge in [0.15, 0.2) is 0 Å². The minimum absolute atomic E-state index is 0.525. The van der Waals surface area contributed by atoms with Crippen LogP contribution >= 0.6 is 11.6 Å². The molecule has 0 spiro atoms. The van der Waals surface area contributed by atoms with E-state index in [0.29, 0.717) is 5.88 Å². The maximum Gasteiger partial charge on any atom is 0.0649 e. The first-order valence-corrected chi connectivity index (χ1v) is 4.63. The minimum Gasteiger partial charge on any atom is -0.288 e. The molecule has 1 aliphatic rings. The highest BCUT2D eigenvalue weighted by molar-refractivity contribution is 6.32. The Hall–Kier alpha value is -0.820. The van der Waals surface area contributed by atoms with Gasteiger partial charge in [-0.15, -0.1) is 11.6 Å². The van der Waals surface area contributed by atoms with Gasteiger partial charge in [-0.25, -0.2) is 0 Å². The Morgan fingerprint density at radius 3 is 3.00 bits per heavy atom. The number of alkyl halides is 1. The maximum absolute atomic E-state index is 5.78. The predicted molar refractivity (Wildman–Crippen MR) is 52.3 cm³/mol. The van der Waals surface area contributed by atoms with Crippen LogP contribution < -0.4 is 0 Å².